The molecule has 1 fully saturated rings. The van der Waals surface area contributed by atoms with Gasteiger partial charge in [-0.1, -0.05) is 0 Å². The Morgan fingerprint density at radius 1 is 1.36 bits per heavy atom. The number of halogens is 1. The molecule has 1 atom stereocenters. The standard InChI is InChI=1S/C11H14FNO/c1-9-8-13(6-7-14-9)11-4-2-10(12)3-5-11/h2-5,9H,6-8H2,1H3. The summed E-state index contributed by atoms with van der Waals surface area (Å²) in [6, 6.07) is 6.62. The van der Waals surface area contributed by atoms with Gasteiger partial charge in [-0.15, -0.1) is 0 Å². The number of morpholine rings is 1. The fourth-order valence-corrected chi connectivity index (χ4v) is 1.70. The third kappa shape index (κ3) is 2.04. The van der Waals surface area contributed by atoms with Gasteiger partial charge in [0, 0.05) is 18.8 Å². The first kappa shape index (κ1) is 9.46. The first-order valence-corrected chi connectivity index (χ1v) is 4.88. The normalized spacial score (nSPS) is 22.4. The molecule has 1 aliphatic rings. The van der Waals surface area contributed by atoms with E-state index < -0.39 is 0 Å². The number of rotatable bonds is 1. The fourth-order valence-electron chi connectivity index (χ4n) is 1.70. The highest BCUT2D eigenvalue weighted by Crippen LogP contribution is 2.17. The third-order valence-electron chi connectivity index (χ3n) is 2.43. The van der Waals surface area contributed by atoms with Gasteiger partial charge in [-0.2, -0.15) is 0 Å². The zero-order chi connectivity index (χ0) is 9.97. The van der Waals surface area contributed by atoms with Crippen LogP contribution in [-0.2, 0) is 4.74 Å². The molecule has 14 heavy (non-hydrogen) atoms. The topological polar surface area (TPSA) is 12.5 Å². The van der Waals surface area contributed by atoms with Crippen LogP contribution >= 0.6 is 0 Å². The molecule has 0 saturated carbocycles. The van der Waals surface area contributed by atoms with Crippen LogP contribution in [0.4, 0.5) is 10.1 Å². The van der Waals surface area contributed by atoms with Crippen molar-refractivity contribution in [1.29, 1.82) is 0 Å². The van der Waals surface area contributed by atoms with Gasteiger partial charge >= 0.3 is 0 Å². The van der Waals surface area contributed by atoms with E-state index in [1.54, 1.807) is 0 Å². The first-order chi connectivity index (χ1) is 6.75. The molecule has 76 valence electrons. The molecular weight excluding hydrogens is 181 g/mol. The van der Waals surface area contributed by atoms with E-state index in [0.29, 0.717) is 0 Å². The fraction of sp³-hybridized carbons (Fsp3) is 0.455. The average Bonchev–Trinajstić information content (AvgIpc) is 2.19. The van der Waals surface area contributed by atoms with E-state index in [9.17, 15) is 4.39 Å². The lowest BCUT2D eigenvalue weighted by atomic mass is 10.2. The summed E-state index contributed by atoms with van der Waals surface area (Å²) in [6.45, 7) is 4.57. The van der Waals surface area contributed by atoms with Crippen LogP contribution in [0.2, 0.25) is 0 Å². The molecule has 1 aromatic carbocycles. The lowest BCUT2D eigenvalue weighted by molar-refractivity contribution is 0.0532. The minimum absolute atomic E-state index is 0.185. The Hall–Kier alpha value is -1.09. The number of ether oxygens (including phenoxy) is 1. The van der Waals surface area contributed by atoms with Gasteiger partial charge in [0.05, 0.1) is 12.7 Å². The average molecular weight is 195 g/mol. The molecule has 1 heterocycles. The minimum atomic E-state index is -0.185. The number of anilines is 1. The highest BCUT2D eigenvalue weighted by atomic mass is 19.1. The summed E-state index contributed by atoms with van der Waals surface area (Å²) in [6.07, 6.45) is 0.258. The predicted octanol–water partition coefficient (Wildman–Crippen LogP) is 2.05. The summed E-state index contributed by atoms with van der Waals surface area (Å²) >= 11 is 0. The van der Waals surface area contributed by atoms with Gasteiger partial charge < -0.3 is 9.64 Å². The number of hydrogen-bond acceptors (Lipinski definition) is 2. The highest BCUT2D eigenvalue weighted by Gasteiger charge is 2.16. The molecule has 1 unspecified atom stereocenters. The van der Waals surface area contributed by atoms with Crippen molar-refractivity contribution in [1.82, 2.24) is 0 Å². The van der Waals surface area contributed by atoms with Crippen LogP contribution in [0.3, 0.4) is 0 Å². The second-order valence-electron chi connectivity index (χ2n) is 3.60. The zero-order valence-electron chi connectivity index (χ0n) is 8.24. The van der Waals surface area contributed by atoms with Gasteiger partial charge in [0.1, 0.15) is 5.82 Å². The molecule has 0 aromatic heterocycles. The Bertz CT molecular complexity index is 299. The van der Waals surface area contributed by atoms with Gasteiger partial charge in [0.25, 0.3) is 0 Å². The Balaban J connectivity index is 2.10. The van der Waals surface area contributed by atoms with E-state index in [1.807, 2.05) is 12.1 Å². The van der Waals surface area contributed by atoms with E-state index >= 15 is 0 Å². The maximum absolute atomic E-state index is 12.7. The summed E-state index contributed by atoms with van der Waals surface area (Å²) in [5.74, 6) is -0.185. The van der Waals surface area contributed by atoms with Gasteiger partial charge in [0.15, 0.2) is 0 Å². The Morgan fingerprint density at radius 2 is 2.07 bits per heavy atom. The summed E-state index contributed by atoms with van der Waals surface area (Å²) < 4.78 is 18.1. The van der Waals surface area contributed by atoms with Crippen LogP contribution in [0.15, 0.2) is 24.3 Å². The van der Waals surface area contributed by atoms with E-state index in [0.717, 1.165) is 25.4 Å². The third-order valence-corrected chi connectivity index (χ3v) is 2.43. The molecule has 0 N–H and O–H groups in total. The van der Waals surface area contributed by atoms with Gasteiger partial charge in [-0.3, -0.25) is 0 Å². The van der Waals surface area contributed by atoms with Crippen LogP contribution in [0.1, 0.15) is 6.92 Å². The monoisotopic (exact) mass is 195 g/mol. The molecular formula is C11H14FNO. The molecule has 0 radical (unpaired) electrons. The van der Waals surface area contributed by atoms with Crippen LogP contribution < -0.4 is 4.90 Å². The first-order valence-electron chi connectivity index (χ1n) is 4.88. The predicted molar refractivity (Wildman–Crippen MR) is 54.0 cm³/mol. The smallest absolute Gasteiger partial charge is 0.123 e. The minimum Gasteiger partial charge on any atom is -0.375 e. The summed E-state index contributed by atoms with van der Waals surface area (Å²) in [4.78, 5) is 2.22. The Labute approximate surface area is 83.3 Å². The molecule has 1 saturated heterocycles. The second-order valence-corrected chi connectivity index (χ2v) is 3.60. The van der Waals surface area contributed by atoms with Crippen molar-refractivity contribution in [3.8, 4) is 0 Å². The molecule has 0 aliphatic carbocycles. The number of nitrogens with zero attached hydrogens (tertiary/aromatic N) is 1. The summed E-state index contributed by atoms with van der Waals surface area (Å²) in [5, 5.41) is 0. The molecule has 1 aliphatic heterocycles. The maximum atomic E-state index is 12.7. The summed E-state index contributed by atoms with van der Waals surface area (Å²) in [5.41, 5.74) is 1.07. The lowest BCUT2D eigenvalue weighted by Gasteiger charge is -2.32. The van der Waals surface area contributed by atoms with E-state index in [-0.39, 0.29) is 11.9 Å². The quantitative estimate of drug-likeness (QED) is 0.680. The van der Waals surface area contributed by atoms with E-state index in [4.69, 9.17) is 4.74 Å². The second kappa shape index (κ2) is 3.96. The molecule has 0 bridgehead atoms. The SMILES string of the molecule is CC1CN(c2ccc(F)cc2)CCO1. The zero-order valence-corrected chi connectivity index (χ0v) is 8.24. The van der Waals surface area contributed by atoms with E-state index in [1.165, 1.54) is 12.1 Å². The van der Waals surface area contributed by atoms with Crippen molar-refractivity contribution >= 4 is 5.69 Å². The van der Waals surface area contributed by atoms with Gasteiger partial charge in [-0.05, 0) is 31.2 Å². The van der Waals surface area contributed by atoms with Gasteiger partial charge in [-0.25, -0.2) is 4.39 Å². The molecule has 0 amide bonds. The molecule has 0 spiro atoms. The van der Waals surface area contributed by atoms with E-state index in [2.05, 4.69) is 11.8 Å². The van der Waals surface area contributed by atoms with Crippen molar-refractivity contribution in [2.75, 3.05) is 24.6 Å². The van der Waals surface area contributed by atoms with Crippen LogP contribution in [-0.4, -0.2) is 25.8 Å². The Kier molecular flexibility index (Phi) is 2.68. The lowest BCUT2D eigenvalue weighted by Crippen LogP contribution is -2.41. The van der Waals surface area contributed by atoms with Crippen molar-refractivity contribution in [3.05, 3.63) is 30.1 Å². The largest absolute Gasteiger partial charge is 0.375 e. The van der Waals surface area contributed by atoms with Gasteiger partial charge in [0.2, 0.25) is 0 Å². The molecule has 3 heteroatoms. The maximum Gasteiger partial charge on any atom is 0.123 e. The molecule has 2 nitrogen and oxygen atoms in total. The number of benzene rings is 1. The van der Waals surface area contributed by atoms with Crippen molar-refractivity contribution in [3.63, 3.8) is 0 Å². The summed E-state index contributed by atoms with van der Waals surface area (Å²) in [7, 11) is 0. The molecule has 1 aromatic rings. The molecule has 2 rings (SSSR count). The van der Waals surface area contributed by atoms with Crippen LogP contribution in [0, 0.1) is 5.82 Å². The Morgan fingerprint density at radius 3 is 2.71 bits per heavy atom. The van der Waals surface area contributed by atoms with Crippen molar-refractivity contribution in [2.24, 2.45) is 0 Å². The van der Waals surface area contributed by atoms with Crippen molar-refractivity contribution in [2.45, 2.75) is 13.0 Å². The number of hydrogen-bond donors (Lipinski definition) is 0. The highest BCUT2D eigenvalue weighted by molar-refractivity contribution is 5.46. The van der Waals surface area contributed by atoms with Crippen LogP contribution in [0.25, 0.3) is 0 Å². The van der Waals surface area contributed by atoms with Crippen molar-refractivity contribution < 1.29 is 9.13 Å². The van der Waals surface area contributed by atoms with Crippen LogP contribution in [0.5, 0.6) is 0 Å².